The van der Waals surface area contributed by atoms with Crippen molar-refractivity contribution >= 4 is 39.1 Å². The molecule has 4 rings (SSSR count). The first kappa shape index (κ1) is 31.6. The van der Waals surface area contributed by atoms with Crippen LogP contribution in [0.5, 0.6) is 0 Å². The molecule has 1 atom stereocenters. The molecule has 0 radical (unpaired) electrons. The van der Waals surface area contributed by atoms with Crippen molar-refractivity contribution in [1.82, 2.24) is 10.2 Å². The first-order valence-electron chi connectivity index (χ1n) is 14.6. The molecule has 2 amide bonds. The largest absolute Gasteiger partial charge is 0.352 e. The predicted octanol–water partition coefficient (Wildman–Crippen LogP) is 6.41. The molecule has 0 aliphatic heterocycles. The van der Waals surface area contributed by atoms with Crippen LogP contribution in [-0.4, -0.2) is 43.8 Å². The van der Waals surface area contributed by atoms with Crippen LogP contribution in [0.15, 0.2) is 77.7 Å². The van der Waals surface area contributed by atoms with E-state index in [-0.39, 0.29) is 29.1 Å². The molecule has 0 aromatic heterocycles. The molecule has 0 heterocycles. The van der Waals surface area contributed by atoms with Crippen LogP contribution in [0.4, 0.5) is 5.69 Å². The minimum atomic E-state index is -4.14. The number of benzene rings is 3. The normalized spacial score (nSPS) is 14.7. The topological polar surface area (TPSA) is 86.8 Å². The molecule has 0 bridgehead atoms. The fraction of sp³-hybridized carbons (Fsp3) is 0.394. The molecule has 1 aliphatic rings. The second-order valence-corrected chi connectivity index (χ2v) is 13.3. The quantitative estimate of drug-likeness (QED) is 0.272. The van der Waals surface area contributed by atoms with Gasteiger partial charge in [-0.05, 0) is 68.5 Å². The zero-order chi connectivity index (χ0) is 30.3. The summed E-state index contributed by atoms with van der Waals surface area (Å²) in [4.78, 5) is 29.4. The predicted molar refractivity (Wildman–Crippen MR) is 168 cm³/mol. The molecule has 1 saturated carbocycles. The number of halogens is 1. The van der Waals surface area contributed by atoms with Gasteiger partial charge in [-0.3, -0.25) is 13.9 Å². The average Bonchev–Trinajstić information content (AvgIpc) is 2.99. The number of carbonyl (C=O) groups is 2. The monoisotopic (exact) mass is 609 g/mol. The molecule has 42 heavy (non-hydrogen) atoms. The molecule has 3 aromatic rings. The molecule has 3 aromatic carbocycles. The lowest BCUT2D eigenvalue weighted by Crippen LogP contribution is -2.54. The number of nitrogens with one attached hydrogen (secondary N) is 1. The standard InChI is InChI=1S/C33H40ClN3O4S/c1-4-31(33(39)35-27-11-7-5-8-12-27)36(22-26-18-15-24(2)16-19-26)32(38)23-37(28-20-17-25(3)30(34)21-28)42(40,41)29-13-9-6-10-14-29/h6,9-10,13-21,27,31H,4-5,7-8,11-12,22-23H2,1-3H3,(H,35,39). The van der Waals surface area contributed by atoms with Crippen LogP contribution < -0.4 is 9.62 Å². The fourth-order valence-corrected chi connectivity index (χ4v) is 6.94. The van der Waals surface area contributed by atoms with Crippen LogP contribution in [0.1, 0.15) is 62.1 Å². The van der Waals surface area contributed by atoms with Crippen LogP contribution >= 0.6 is 11.6 Å². The van der Waals surface area contributed by atoms with Gasteiger partial charge in [-0.2, -0.15) is 0 Å². The molecule has 224 valence electrons. The molecule has 0 saturated heterocycles. The van der Waals surface area contributed by atoms with Gasteiger partial charge in [0.05, 0.1) is 10.6 Å². The van der Waals surface area contributed by atoms with E-state index in [1.54, 1.807) is 36.4 Å². The maximum absolute atomic E-state index is 14.2. The summed E-state index contributed by atoms with van der Waals surface area (Å²) in [6, 6.07) is 20.0. The van der Waals surface area contributed by atoms with Crippen LogP contribution in [-0.2, 0) is 26.2 Å². The highest BCUT2D eigenvalue weighted by molar-refractivity contribution is 7.92. The summed E-state index contributed by atoms with van der Waals surface area (Å²) in [6.45, 7) is 5.36. The summed E-state index contributed by atoms with van der Waals surface area (Å²) in [6.07, 6.45) is 5.53. The van der Waals surface area contributed by atoms with Gasteiger partial charge < -0.3 is 10.2 Å². The van der Waals surface area contributed by atoms with Crippen LogP contribution in [0.2, 0.25) is 5.02 Å². The highest BCUT2D eigenvalue weighted by atomic mass is 35.5. The number of rotatable bonds is 11. The van der Waals surface area contributed by atoms with Gasteiger partial charge in [-0.1, -0.05) is 91.9 Å². The van der Waals surface area contributed by atoms with Crippen molar-refractivity contribution in [2.75, 3.05) is 10.8 Å². The van der Waals surface area contributed by atoms with Gasteiger partial charge in [-0.15, -0.1) is 0 Å². The Labute approximate surface area is 254 Å². The van der Waals surface area contributed by atoms with Gasteiger partial charge in [0, 0.05) is 17.6 Å². The second kappa shape index (κ2) is 14.2. The van der Waals surface area contributed by atoms with E-state index in [0.717, 1.165) is 53.1 Å². The maximum atomic E-state index is 14.2. The minimum absolute atomic E-state index is 0.0571. The van der Waals surface area contributed by atoms with Crippen LogP contribution in [0.25, 0.3) is 0 Å². The van der Waals surface area contributed by atoms with Gasteiger partial charge in [0.2, 0.25) is 11.8 Å². The number of amides is 2. The molecular weight excluding hydrogens is 570 g/mol. The van der Waals surface area contributed by atoms with Gasteiger partial charge in [0.1, 0.15) is 12.6 Å². The summed E-state index contributed by atoms with van der Waals surface area (Å²) in [7, 11) is -4.14. The van der Waals surface area contributed by atoms with Crippen molar-refractivity contribution in [3.05, 3.63) is 94.5 Å². The summed E-state index contributed by atoms with van der Waals surface area (Å²) in [5, 5.41) is 3.56. The van der Waals surface area contributed by atoms with Crippen molar-refractivity contribution in [1.29, 1.82) is 0 Å². The van der Waals surface area contributed by atoms with Gasteiger partial charge >= 0.3 is 0 Å². The van der Waals surface area contributed by atoms with Gasteiger partial charge in [0.25, 0.3) is 10.0 Å². The third-order valence-electron chi connectivity index (χ3n) is 7.86. The molecule has 1 fully saturated rings. The number of hydrogen-bond donors (Lipinski definition) is 1. The lowest BCUT2D eigenvalue weighted by atomic mass is 9.95. The number of anilines is 1. The van der Waals surface area contributed by atoms with Crippen LogP contribution in [0.3, 0.4) is 0 Å². The molecule has 7 nitrogen and oxygen atoms in total. The molecule has 1 unspecified atom stereocenters. The molecule has 9 heteroatoms. The fourth-order valence-electron chi connectivity index (χ4n) is 5.34. The van der Waals surface area contributed by atoms with Crippen molar-refractivity contribution in [3.8, 4) is 0 Å². The molecule has 1 N–H and O–H groups in total. The third-order valence-corrected chi connectivity index (χ3v) is 10.1. The highest BCUT2D eigenvalue weighted by Crippen LogP contribution is 2.29. The van der Waals surface area contributed by atoms with Crippen molar-refractivity contribution in [2.45, 2.75) is 82.8 Å². The molecule has 1 aliphatic carbocycles. The number of aryl methyl sites for hydroxylation is 2. The summed E-state index contributed by atoms with van der Waals surface area (Å²) in [5.41, 5.74) is 3.00. The van der Waals surface area contributed by atoms with E-state index in [9.17, 15) is 18.0 Å². The Morgan fingerprint density at radius 1 is 0.952 bits per heavy atom. The van der Waals surface area contributed by atoms with E-state index >= 15 is 0 Å². The van der Waals surface area contributed by atoms with E-state index in [2.05, 4.69) is 5.32 Å². The number of carbonyl (C=O) groups excluding carboxylic acids is 2. The van der Waals surface area contributed by atoms with E-state index in [1.165, 1.54) is 17.0 Å². The van der Waals surface area contributed by atoms with Gasteiger partial charge in [0.15, 0.2) is 0 Å². The van der Waals surface area contributed by atoms with Crippen molar-refractivity contribution < 1.29 is 18.0 Å². The summed E-state index contributed by atoms with van der Waals surface area (Å²) in [5.74, 6) is -0.682. The van der Waals surface area contributed by atoms with E-state index < -0.39 is 28.5 Å². The van der Waals surface area contributed by atoms with Gasteiger partial charge in [-0.25, -0.2) is 8.42 Å². The Bertz CT molecular complexity index is 1470. The average molecular weight is 610 g/mol. The van der Waals surface area contributed by atoms with Crippen LogP contribution in [0, 0.1) is 13.8 Å². The maximum Gasteiger partial charge on any atom is 0.264 e. The molecular formula is C33H40ClN3O4S. The Morgan fingerprint density at radius 3 is 2.24 bits per heavy atom. The number of nitrogens with zero attached hydrogens (tertiary/aromatic N) is 2. The number of sulfonamides is 1. The lowest BCUT2D eigenvalue weighted by Gasteiger charge is -2.34. The first-order chi connectivity index (χ1) is 20.1. The number of hydrogen-bond acceptors (Lipinski definition) is 4. The Hall–Kier alpha value is -3.36. The summed E-state index contributed by atoms with van der Waals surface area (Å²) < 4.78 is 29.0. The summed E-state index contributed by atoms with van der Waals surface area (Å²) >= 11 is 6.41. The zero-order valence-corrected chi connectivity index (χ0v) is 26.1. The first-order valence-corrected chi connectivity index (χ1v) is 16.4. The van der Waals surface area contributed by atoms with E-state index in [0.29, 0.717) is 11.4 Å². The second-order valence-electron chi connectivity index (χ2n) is 11.0. The Balaban J connectivity index is 1.71. The van der Waals surface area contributed by atoms with Crippen molar-refractivity contribution in [2.24, 2.45) is 0 Å². The van der Waals surface area contributed by atoms with E-state index in [4.69, 9.17) is 11.6 Å². The van der Waals surface area contributed by atoms with E-state index in [1.807, 2.05) is 45.0 Å². The SMILES string of the molecule is CCC(C(=O)NC1CCCCC1)N(Cc1ccc(C)cc1)C(=O)CN(c1ccc(C)c(Cl)c1)S(=O)(=O)c1ccccc1. The smallest absolute Gasteiger partial charge is 0.264 e. The highest BCUT2D eigenvalue weighted by Gasteiger charge is 2.34. The van der Waals surface area contributed by atoms with Crippen molar-refractivity contribution in [3.63, 3.8) is 0 Å². The minimum Gasteiger partial charge on any atom is -0.352 e. The Morgan fingerprint density at radius 2 is 1.62 bits per heavy atom. The Kier molecular flexibility index (Phi) is 10.7. The molecule has 0 spiro atoms. The lowest BCUT2D eigenvalue weighted by molar-refractivity contribution is -0.140. The zero-order valence-electron chi connectivity index (χ0n) is 24.6. The third kappa shape index (κ3) is 7.72.